The largest absolute Gasteiger partial charge is 0.548 e. The van der Waals surface area contributed by atoms with Gasteiger partial charge in [-0.3, -0.25) is 0 Å². The molecular formula is C15H20NO5S-. The monoisotopic (exact) mass is 326 g/mol. The van der Waals surface area contributed by atoms with Crippen molar-refractivity contribution in [2.24, 2.45) is 0 Å². The highest BCUT2D eigenvalue weighted by Gasteiger charge is 2.40. The average molecular weight is 326 g/mol. The lowest BCUT2D eigenvalue weighted by Crippen LogP contribution is -2.46. The molecule has 0 aromatic heterocycles. The summed E-state index contributed by atoms with van der Waals surface area (Å²) >= 11 is 0. The van der Waals surface area contributed by atoms with Gasteiger partial charge in [-0.15, -0.1) is 0 Å². The van der Waals surface area contributed by atoms with E-state index in [1.807, 2.05) is 20.8 Å². The second-order valence-electron chi connectivity index (χ2n) is 6.57. The first-order chi connectivity index (χ1) is 10.0. The van der Waals surface area contributed by atoms with Crippen molar-refractivity contribution in [3.63, 3.8) is 0 Å². The topological polar surface area (TPSA) is 97.7 Å². The Balaban J connectivity index is 2.36. The quantitative estimate of drug-likeness (QED) is 0.833. The molecule has 1 saturated heterocycles. The third kappa shape index (κ3) is 3.16. The van der Waals surface area contributed by atoms with Gasteiger partial charge < -0.3 is 15.0 Å². The van der Waals surface area contributed by atoms with Gasteiger partial charge in [-0.05, 0) is 29.5 Å². The third-order valence-corrected chi connectivity index (χ3v) is 5.72. The van der Waals surface area contributed by atoms with Gasteiger partial charge in [0.2, 0.25) is 10.0 Å². The van der Waals surface area contributed by atoms with E-state index in [9.17, 15) is 23.4 Å². The lowest BCUT2D eigenvalue weighted by Gasteiger charge is -2.25. The van der Waals surface area contributed by atoms with Crippen molar-refractivity contribution in [2.45, 2.75) is 49.6 Å². The molecule has 0 saturated carbocycles. The molecule has 0 aliphatic carbocycles. The standard InChI is InChI=1S/C15H21NO5S/c1-15(2,3)10-4-6-12(7-5-10)22(20,21)16-9-11(17)8-13(16)14(18)19/h4-7,11,13,17H,8-9H2,1-3H3,(H,18,19)/p-1/t11-,13+/m0/s1. The summed E-state index contributed by atoms with van der Waals surface area (Å²) in [7, 11) is -3.98. The molecule has 0 radical (unpaired) electrons. The molecule has 1 aromatic carbocycles. The molecule has 1 heterocycles. The van der Waals surface area contributed by atoms with E-state index in [1.165, 1.54) is 12.1 Å². The zero-order valence-corrected chi connectivity index (χ0v) is 13.6. The van der Waals surface area contributed by atoms with E-state index in [2.05, 4.69) is 0 Å². The van der Waals surface area contributed by atoms with E-state index in [1.54, 1.807) is 12.1 Å². The highest BCUT2D eigenvalue weighted by Crippen LogP contribution is 2.28. The molecule has 6 nitrogen and oxygen atoms in total. The Bertz CT molecular complexity index is 660. The second-order valence-corrected chi connectivity index (χ2v) is 8.46. The molecule has 1 fully saturated rings. The summed E-state index contributed by atoms with van der Waals surface area (Å²) in [6, 6.07) is 5.03. The minimum absolute atomic E-state index is 0.0147. The number of hydrogen-bond donors (Lipinski definition) is 1. The van der Waals surface area contributed by atoms with Crippen LogP contribution < -0.4 is 5.11 Å². The van der Waals surface area contributed by atoms with E-state index in [0.29, 0.717) is 0 Å². The Morgan fingerprint density at radius 3 is 2.27 bits per heavy atom. The van der Waals surface area contributed by atoms with Crippen molar-refractivity contribution >= 4 is 16.0 Å². The Kier molecular flexibility index (Phi) is 4.34. The predicted molar refractivity (Wildman–Crippen MR) is 78.5 cm³/mol. The first-order valence-corrected chi connectivity index (χ1v) is 8.49. The summed E-state index contributed by atoms with van der Waals surface area (Å²) in [5.41, 5.74) is 0.865. The number of carbonyl (C=O) groups excluding carboxylic acids is 1. The number of aliphatic carboxylic acids is 1. The fraction of sp³-hybridized carbons (Fsp3) is 0.533. The number of aliphatic hydroxyl groups excluding tert-OH is 1. The second kappa shape index (κ2) is 5.64. The van der Waals surface area contributed by atoms with Crippen LogP contribution in [0, 0.1) is 0 Å². The van der Waals surface area contributed by atoms with E-state index >= 15 is 0 Å². The molecule has 1 aromatic rings. The van der Waals surface area contributed by atoms with Gasteiger partial charge in [0.15, 0.2) is 0 Å². The van der Waals surface area contributed by atoms with Crippen molar-refractivity contribution < 1.29 is 23.4 Å². The molecule has 2 rings (SSSR count). The van der Waals surface area contributed by atoms with Gasteiger partial charge in [0.1, 0.15) is 0 Å². The molecule has 0 amide bonds. The first kappa shape index (κ1) is 16.9. The summed E-state index contributed by atoms with van der Waals surface area (Å²) in [5.74, 6) is -1.49. The number of nitrogens with zero attached hydrogens (tertiary/aromatic N) is 1. The molecule has 0 unspecified atom stereocenters. The maximum atomic E-state index is 12.6. The van der Waals surface area contributed by atoms with Crippen LogP contribution in [0.5, 0.6) is 0 Å². The first-order valence-electron chi connectivity index (χ1n) is 7.05. The number of rotatable bonds is 3. The number of hydrogen-bond acceptors (Lipinski definition) is 5. The van der Waals surface area contributed by atoms with E-state index in [4.69, 9.17) is 0 Å². The summed E-state index contributed by atoms with van der Waals surface area (Å²) in [5, 5.41) is 20.7. The number of benzene rings is 1. The van der Waals surface area contributed by atoms with Crippen molar-refractivity contribution in [2.75, 3.05) is 6.54 Å². The lowest BCUT2D eigenvalue weighted by molar-refractivity contribution is -0.309. The van der Waals surface area contributed by atoms with Crippen molar-refractivity contribution in [1.29, 1.82) is 0 Å². The molecule has 1 N–H and O–H groups in total. The Morgan fingerprint density at radius 2 is 1.82 bits per heavy atom. The molecule has 2 atom stereocenters. The SMILES string of the molecule is CC(C)(C)c1ccc(S(=O)(=O)N2C[C@@H](O)C[C@@H]2C(=O)[O-])cc1. The maximum Gasteiger partial charge on any atom is 0.243 e. The van der Waals surface area contributed by atoms with Crippen molar-refractivity contribution in [1.82, 2.24) is 4.31 Å². The highest BCUT2D eigenvalue weighted by molar-refractivity contribution is 7.89. The molecule has 22 heavy (non-hydrogen) atoms. The average Bonchev–Trinajstić information content (AvgIpc) is 2.81. The molecule has 0 bridgehead atoms. The zero-order valence-electron chi connectivity index (χ0n) is 12.8. The number of carboxylic acid groups (broad SMARTS) is 1. The summed E-state index contributed by atoms with van der Waals surface area (Å²) in [6.07, 6.45) is -1.15. The number of carboxylic acids is 1. The number of carbonyl (C=O) groups is 1. The normalized spacial score (nSPS) is 23.6. The fourth-order valence-electron chi connectivity index (χ4n) is 2.53. The van der Waals surface area contributed by atoms with Crippen LogP contribution in [-0.4, -0.2) is 42.5 Å². The van der Waals surface area contributed by atoms with E-state index < -0.39 is 28.1 Å². The van der Waals surface area contributed by atoms with Crippen molar-refractivity contribution in [3.05, 3.63) is 29.8 Å². The predicted octanol–water partition coefficient (Wildman–Crippen LogP) is -0.142. The van der Waals surface area contributed by atoms with Crippen LogP contribution >= 0.6 is 0 Å². The highest BCUT2D eigenvalue weighted by atomic mass is 32.2. The lowest BCUT2D eigenvalue weighted by atomic mass is 9.87. The Morgan fingerprint density at radius 1 is 1.27 bits per heavy atom. The minimum atomic E-state index is -3.98. The smallest absolute Gasteiger partial charge is 0.243 e. The molecular weight excluding hydrogens is 306 g/mol. The van der Waals surface area contributed by atoms with Gasteiger partial charge in [0.05, 0.1) is 23.0 Å². The van der Waals surface area contributed by atoms with Gasteiger partial charge in [-0.25, -0.2) is 8.42 Å². The maximum absolute atomic E-state index is 12.6. The fourth-order valence-corrected chi connectivity index (χ4v) is 4.15. The summed E-state index contributed by atoms with van der Waals surface area (Å²) < 4.78 is 26.0. The van der Waals surface area contributed by atoms with Crippen LogP contribution in [0.2, 0.25) is 0 Å². The van der Waals surface area contributed by atoms with Crippen LogP contribution in [0.3, 0.4) is 0 Å². The van der Waals surface area contributed by atoms with Gasteiger partial charge >= 0.3 is 0 Å². The Labute approximate surface area is 130 Å². The van der Waals surface area contributed by atoms with Gasteiger partial charge in [-0.2, -0.15) is 4.31 Å². The number of β-amino-alcohol motifs (C(OH)–C–C–N with tert-alkyl or cyclic N) is 1. The van der Waals surface area contributed by atoms with Crippen LogP contribution in [0.25, 0.3) is 0 Å². The van der Waals surface area contributed by atoms with Gasteiger partial charge in [0, 0.05) is 6.54 Å². The van der Waals surface area contributed by atoms with Gasteiger partial charge in [0.25, 0.3) is 0 Å². The Hall–Kier alpha value is -1.44. The minimum Gasteiger partial charge on any atom is -0.548 e. The summed E-state index contributed by atoms with van der Waals surface area (Å²) in [4.78, 5) is 11.1. The van der Waals surface area contributed by atoms with Crippen LogP contribution in [0.15, 0.2) is 29.2 Å². The molecule has 1 aliphatic rings. The van der Waals surface area contributed by atoms with E-state index in [0.717, 1.165) is 9.87 Å². The number of sulfonamides is 1. The van der Waals surface area contributed by atoms with E-state index in [-0.39, 0.29) is 23.3 Å². The zero-order chi connectivity index (χ0) is 16.7. The van der Waals surface area contributed by atoms with Crippen LogP contribution in [0.1, 0.15) is 32.8 Å². The van der Waals surface area contributed by atoms with Gasteiger partial charge in [-0.1, -0.05) is 32.9 Å². The third-order valence-electron chi connectivity index (χ3n) is 3.83. The van der Waals surface area contributed by atoms with Crippen LogP contribution in [0.4, 0.5) is 0 Å². The molecule has 0 spiro atoms. The summed E-state index contributed by atoms with van der Waals surface area (Å²) in [6.45, 7) is 5.81. The molecule has 122 valence electrons. The van der Waals surface area contributed by atoms with Crippen molar-refractivity contribution in [3.8, 4) is 0 Å². The number of aliphatic hydroxyl groups is 1. The molecule has 1 aliphatic heterocycles. The van der Waals surface area contributed by atoms with Crippen LogP contribution in [-0.2, 0) is 20.2 Å². The molecule has 7 heteroatoms.